The zero-order valence-electron chi connectivity index (χ0n) is 9.85. The summed E-state index contributed by atoms with van der Waals surface area (Å²) in [6, 6.07) is 10.7. The second kappa shape index (κ2) is 4.24. The summed E-state index contributed by atoms with van der Waals surface area (Å²) in [5.41, 5.74) is 2.20. The molecule has 0 bridgehead atoms. The molecule has 0 saturated carbocycles. The van der Waals surface area contributed by atoms with E-state index in [-0.39, 0.29) is 11.7 Å². The van der Waals surface area contributed by atoms with Crippen molar-refractivity contribution in [1.82, 2.24) is 0 Å². The molecule has 0 aliphatic carbocycles. The lowest BCUT2D eigenvalue weighted by molar-refractivity contribution is -0.110. The first-order valence-electron chi connectivity index (χ1n) is 5.75. The highest BCUT2D eigenvalue weighted by molar-refractivity contribution is 6.34. The summed E-state index contributed by atoms with van der Waals surface area (Å²) in [6.45, 7) is 0. The van der Waals surface area contributed by atoms with Crippen LogP contribution < -0.4 is 5.32 Å². The van der Waals surface area contributed by atoms with Crippen molar-refractivity contribution in [2.75, 3.05) is 5.32 Å². The van der Waals surface area contributed by atoms with Gasteiger partial charge in [0.05, 0.1) is 0 Å². The van der Waals surface area contributed by atoms with Crippen molar-refractivity contribution in [2.45, 2.75) is 0 Å². The van der Waals surface area contributed by atoms with Gasteiger partial charge in [0.1, 0.15) is 11.6 Å². The first-order valence-corrected chi connectivity index (χ1v) is 5.75. The molecule has 1 aliphatic rings. The van der Waals surface area contributed by atoms with E-state index in [0.29, 0.717) is 22.4 Å². The summed E-state index contributed by atoms with van der Waals surface area (Å²) >= 11 is 0. The molecule has 2 aromatic rings. The molecule has 0 fully saturated rings. The van der Waals surface area contributed by atoms with Crippen LogP contribution in [-0.4, -0.2) is 11.0 Å². The maximum absolute atomic E-state index is 13.3. The summed E-state index contributed by atoms with van der Waals surface area (Å²) in [4.78, 5) is 11.9. The predicted octanol–water partition coefficient (Wildman–Crippen LogP) is 3.02. The molecule has 1 aliphatic heterocycles. The normalized spacial score (nSPS) is 15.4. The molecule has 19 heavy (non-hydrogen) atoms. The lowest BCUT2D eigenvalue weighted by Crippen LogP contribution is -2.03. The molecule has 0 aromatic heterocycles. The minimum absolute atomic E-state index is 0.118. The molecule has 0 saturated heterocycles. The Balaban J connectivity index is 2.11. The number of benzene rings is 2. The lowest BCUT2D eigenvalue weighted by atomic mass is 10.0. The van der Waals surface area contributed by atoms with Gasteiger partial charge in [0.25, 0.3) is 5.91 Å². The summed E-state index contributed by atoms with van der Waals surface area (Å²) in [5, 5.41) is 12.1. The lowest BCUT2D eigenvalue weighted by Gasteiger charge is -1.99. The van der Waals surface area contributed by atoms with Crippen LogP contribution in [0.15, 0.2) is 42.5 Å². The fourth-order valence-corrected chi connectivity index (χ4v) is 2.08. The van der Waals surface area contributed by atoms with Crippen LogP contribution in [0, 0.1) is 5.82 Å². The zero-order valence-corrected chi connectivity index (χ0v) is 9.85. The number of carbonyl (C=O) groups is 1. The topological polar surface area (TPSA) is 49.3 Å². The van der Waals surface area contributed by atoms with Gasteiger partial charge in [-0.25, -0.2) is 4.39 Å². The maximum Gasteiger partial charge on any atom is 0.256 e. The summed E-state index contributed by atoms with van der Waals surface area (Å²) in [7, 11) is 0. The molecule has 2 aromatic carbocycles. The Morgan fingerprint density at radius 1 is 1.16 bits per heavy atom. The minimum atomic E-state index is -0.392. The van der Waals surface area contributed by atoms with Crippen molar-refractivity contribution < 1.29 is 14.3 Å². The van der Waals surface area contributed by atoms with Gasteiger partial charge in [0.15, 0.2) is 0 Å². The van der Waals surface area contributed by atoms with E-state index >= 15 is 0 Å². The number of phenols is 1. The Labute approximate surface area is 109 Å². The molecule has 0 radical (unpaired) electrons. The van der Waals surface area contributed by atoms with Crippen LogP contribution in [0.2, 0.25) is 0 Å². The second-order valence-electron chi connectivity index (χ2n) is 4.30. The van der Waals surface area contributed by atoms with Crippen LogP contribution in [0.3, 0.4) is 0 Å². The van der Waals surface area contributed by atoms with E-state index < -0.39 is 5.82 Å². The van der Waals surface area contributed by atoms with Gasteiger partial charge in [-0.3, -0.25) is 4.79 Å². The molecule has 4 heteroatoms. The van der Waals surface area contributed by atoms with Crippen LogP contribution >= 0.6 is 0 Å². The van der Waals surface area contributed by atoms with Crippen LogP contribution in [0.5, 0.6) is 5.75 Å². The molecule has 1 amide bonds. The molecular weight excluding hydrogens is 245 g/mol. The number of nitrogens with one attached hydrogen (secondary N) is 1. The van der Waals surface area contributed by atoms with Crippen molar-refractivity contribution >= 4 is 23.2 Å². The quantitative estimate of drug-likeness (QED) is 0.769. The predicted molar refractivity (Wildman–Crippen MR) is 71.0 cm³/mol. The standard InChI is InChI=1S/C15H10FNO2/c16-10-4-5-14-12(8-10)13(15(19)17-14)7-9-2-1-3-11(18)6-9/h1-8,18H,(H,17,19). The van der Waals surface area contributed by atoms with Crippen molar-refractivity contribution in [3.63, 3.8) is 0 Å². The summed E-state index contributed by atoms with van der Waals surface area (Å²) in [5.74, 6) is -0.548. The van der Waals surface area contributed by atoms with Gasteiger partial charge in [0.2, 0.25) is 0 Å². The number of rotatable bonds is 1. The minimum Gasteiger partial charge on any atom is -0.508 e. The Morgan fingerprint density at radius 2 is 2.00 bits per heavy atom. The number of phenolic OH excluding ortho intramolecular Hbond substituents is 1. The van der Waals surface area contributed by atoms with Crippen LogP contribution in [0.25, 0.3) is 11.6 Å². The maximum atomic E-state index is 13.3. The number of aromatic hydroxyl groups is 1. The van der Waals surface area contributed by atoms with E-state index in [1.54, 1.807) is 24.3 Å². The molecular formula is C15H10FNO2. The fourth-order valence-electron chi connectivity index (χ4n) is 2.08. The molecule has 1 heterocycles. The Hall–Kier alpha value is -2.62. The first kappa shape index (κ1) is 11.5. The second-order valence-corrected chi connectivity index (χ2v) is 4.30. The number of fused-ring (bicyclic) bond motifs is 1. The van der Waals surface area contributed by atoms with E-state index in [2.05, 4.69) is 5.32 Å². The van der Waals surface area contributed by atoms with Crippen molar-refractivity contribution in [1.29, 1.82) is 0 Å². The number of anilines is 1. The number of hydrogen-bond acceptors (Lipinski definition) is 2. The SMILES string of the molecule is O=C1Nc2ccc(F)cc2C1=Cc1cccc(O)c1. The van der Waals surface area contributed by atoms with Crippen molar-refractivity contribution in [3.05, 3.63) is 59.4 Å². The van der Waals surface area contributed by atoms with Crippen LogP contribution in [-0.2, 0) is 4.79 Å². The molecule has 0 unspecified atom stereocenters. The molecule has 0 atom stereocenters. The van der Waals surface area contributed by atoms with Crippen molar-refractivity contribution in [2.24, 2.45) is 0 Å². The zero-order chi connectivity index (χ0) is 13.4. The Morgan fingerprint density at radius 3 is 2.79 bits per heavy atom. The number of amides is 1. The highest BCUT2D eigenvalue weighted by Crippen LogP contribution is 2.33. The molecule has 2 N–H and O–H groups in total. The van der Waals surface area contributed by atoms with Crippen LogP contribution in [0.1, 0.15) is 11.1 Å². The summed E-state index contributed by atoms with van der Waals surface area (Å²) in [6.07, 6.45) is 1.63. The average molecular weight is 255 g/mol. The van der Waals surface area contributed by atoms with Gasteiger partial charge in [-0.1, -0.05) is 12.1 Å². The number of hydrogen-bond donors (Lipinski definition) is 2. The van der Waals surface area contributed by atoms with E-state index in [4.69, 9.17) is 0 Å². The number of halogens is 1. The van der Waals surface area contributed by atoms with E-state index in [1.165, 1.54) is 24.3 Å². The Kier molecular flexibility index (Phi) is 2.56. The van der Waals surface area contributed by atoms with Gasteiger partial charge in [-0.2, -0.15) is 0 Å². The van der Waals surface area contributed by atoms with E-state index in [1.807, 2.05) is 0 Å². The highest BCUT2D eigenvalue weighted by atomic mass is 19.1. The van der Waals surface area contributed by atoms with Crippen molar-refractivity contribution in [3.8, 4) is 5.75 Å². The first-order chi connectivity index (χ1) is 9.13. The van der Waals surface area contributed by atoms with Gasteiger partial charge in [-0.05, 0) is 42.0 Å². The van der Waals surface area contributed by atoms with E-state index in [0.717, 1.165) is 0 Å². The molecule has 94 valence electrons. The van der Waals surface area contributed by atoms with E-state index in [9.17, 15) is 14.3 Å². The monoisotopic (exact) mass is 255 g/mol. The molecule has 0 spiro atoms. The average Bonchev–Trinajstić information content (AvgIpc) is 2.66. The third-order valence-electron chi connectivity index (χ3n) is 2.95. The largest absolute Gasteiger partial charge is 0.508 e. The fraction of sp³-hybridized carbons (Fsp3) is 0. The summed E-state index contributed by atoms with van der Waals surface area (Å²) < 4.78 is 13.3. The Bertz CT molecular complexity index is 707. The third kappa shape index (κ3) is 2.08. The third-order valence-corrected chi connectivity index (χ3v) is 2.95. The molecule has 3 rings (SSSR count). The van der Waals surface area contributed by atoms with Crippen LogP contribution in [0.4, 0.5) is 10.1 Å². The van der Waals surface area contributed by atoms with Gasteiger partial charge >= 0.3 is 0 Å². The highest BCUT2D eigenvalue weighted by Gasteiger charge is 2.24. The van der Waals surface area contributed by atoms with Gasteiger partial charge in [0, 0.05) is 16.8 Å². The van der Waals surface area contributed by atoms with Gasteiger partial charge < -0.3 is 10.4 Å². The number of carbonyl (C=O) groups excluding carboxylic acids is 1. The smallest absolute Gasteiger partial charge is 0.256 e. The van der Waals surface area contributed by atoms with Gasteiger partial charge in [-0.15, -0.1) is 0 Å². The molecule has 3 nitrogen and oxygen atoms in total.